The van der Waals surface area contributed by atoms with Crippen molar-refractivity contribution >= 4 is 5.78 Å². The molecular weight excluding hydrogens is 430 g/mol. The summed E-state index contributed by atoms with van der Waals surface area (Å²) in [6, 6.07) is 0. The van der Waals surface area contributed by atoms with Gasteiger partial charge in [-0.3, -0.25) is 9.59 Å². The van der Waals surface area contributed by atoms with Gasteiger partial charge in [0.1, 0.15) is 23.2 Å². The van der Waals surface area contributed by atoms with Gasteiger partial charge in [0.15, 0.2) is 0 Å². The standard InChI is InChI=1S/C28H41NO5/c1-7-16(2)12-17(3)13-19(5)25-18(4)8-9-22(33-25)24-26-21(15-29(6)27(24)31)28(32)11-10-20(30)14-23(28)34-26/h13,15-18,22-23,25,32H,7-12,14H2,1-6H3/b19-13+/t16-,17+,18-,22+,23-,25-,28+/m1/s1. The first kappa shape index (κ1) is 25.2. The van der Waals surface area contributed by atoms with Crippen LogP contribution in [0.4, 0.5) is 0 Å². The summed E-state index contributed by atoms with van der Waals surface area (Å²) in [7, 11) is 1.71. The number of aromatic nitrogens is 1. The summed E-state index contributed by atoms with van der Waals surface area (Å²) < 4.78 is 14.3. The third-order valence-corrected chi connectivity index (χ3v) is 8.32. The van der Waals surface area contributed by atoms with Crippen LogP contribution in [-0.2, 0) is 22.2 Å². The molecule has 1 aromatic heterocycles. The molecule has 0 bridgehead atoms. The van der Waals surface area contributed by atoms with Crippen molar-refractivity contribution in [1.82, 2.24) is 4.57 Å². The van der Waals surface area contributed by atoms with Crippen molar-refractivity contribution in [2.75, 3.05) is 0 Å². The Bertz CT molecular complexity index is 1030. The van der Waals surface area contributed by atoms with Crippen LogP contribution in [0.25, 0.3) is 0 Å². The number of Topliss-reactive ketones (excluding diaryl/α,β-unsaturated/α-hetero) is 1. The molecule has 4 rings (SSSR count). The lowest BCUT2D eigenvalue weighted by Gasteiger charge is -2.36. The molecule has 0 unspecified atom stereocenters. The summed E-state index contributed by atoms with van der Waals surface area (Å²) in [5, 5.41) is 11.5. The van der Waals surface area contributed by atoms with E-state index in [0.717, 1.165) is 19.3 Å². The van der Waals surface area contributed by atoms with Crippen molar-refractivity contribution in [2.24, 2.45) is 24.8 Å². The fourth-order valence-electron chi connectivity index (χ4n) is 6.15. The van der Waals surface area contributed by atoms with Crippen LogP contribution in [0.5, 0.6) is 5.75 Å². The average molecular weight is 472 g/mol. The van der Waals surface area contributed by atoms with Crippen molar-refractivity contribution in [3.8, 4) is 5.75 Å². The molecule has 188 valence electrons. The molecule has 3 heterocycles. The molecule has 1 N–H and O–H groups in total. The number of nitrogens with zero attached hydrogens (tertiary/aromatic N) is 1. The Morgan fingerprint density at radius 3 is 2.76 bits per heavy atom. The van der Waals surface area contributed by atoms with E-state index in [4.69, 9.17) is 9.47 Å². The van der Waals surface area contributed by atoms with Crippen molar-refractivity contribution in [3.63, 3.8) is 0 Å². The summed E-state index contributed by atoms with van der Waals surface area (Å²) in [6.07, 6.45) is 7.74. The maximum atomic E-state index is 13.3. The van der Waals surface area contributed by atoms with Gasteiger partial charge in [0, 0.05) is 31.6 Å². The molecule has 1 saturated heterocycles. The molecule has 1 aliphatic carbocycles. The molecule has 7 atom stereocenters. The number of pyridine rings is 1. The van der Waals surface area contributed by atoms with Crippen LogP contribution in [0.2, 0.25) is 0 Å². The zero-order valence-electron chi connectivity index (χ0n) is 21.6. The monoisotopic (exact) mass is 471 g/mol. The number of hydrogen-bond donors (Lipinski definition) is 1. The fourth-order valence-corrected chi connectivity index (χ4v) is 6.15. The largest absolute Gasteiger partial charge is 0.486 e. The number of aryl methyl sites for hydroxylation is 1. The van der Waals surface area contributed by atoms with Crippen LogP contribution in [0.1, 0.15) is 96.8 Å². The van der Waals surface area contributed by atoms with E-state index in [1.807, 2.05) is 0 Å². The molecule has 1 saturated carbocycles. The first-order chi connectivity index (χ1) is 16.0. The van der Waals surface area contributed by atoms with E-state index >= 15 is 0 Å². The smallest absolute Gasteiger partial charge is 0.259 e. The summed E-state index contributed by atoms with van der Waals surface area (Å²) in [5.41, 5.74) is 0.947. The van der Waals surface area contributed by atoms with Crippen molar-refractivity contribution < 1.29 is 19.4 Å². The Labute approximate surface area is 203 Å². The summed E-state index contributed by atoms with van der Waals surface area (Å²) in [6.45, 7) is 11.1. The van der Waals surface area contributed by atoms with E-state index < -0.39 is 17.8 Å². The SMILES string of the molecule is CC[C@@H](C)C[C@H](C)/C=C(\C)[C@@H]1O[C@H](c2c3c(cn(C)c2=O)[C@@]2(O)CCC(=O)C[C@H]2O3)CC[C@H]1C. The van der Waals surface area contributed by atoms with E-state index in [2.05, 4.69) is 40.7 Å². The molecule has 0 amide bonds. The number of carbonyl (C=O) groups excluding carboxylic acids is 1. The normalized spacial score (nSPS) is 33.1. The predicted octanol–water partition coefficient (Wildman–Crippen LogP) is 4.96. The lowest BCUT2D eigenvalue weighted by Crippen LogP contribution is -2.43. The third kappa shape index (κ3) is 4.51. The van der Waals surface area contributed by atoms with Crippen molar-refractivity contribution in [1.29, 1.82) is 0 Å². The van der Waals surface area contributed by atoms with E-state index in [1.165, 1.54) is 16.6 Å². The first-order valence-electron chi connectivity index (χ1n) is 13.0. The zero-order valence-corrected chi connectivity index (χ0v) is 21.6. The molecule has 0 spiro atoms. The molecule has 1 aromatic rings. The van der Waals surface area contributed by atoms with Gasteiger partial charge in [0.05, 0.1) is 17.8 Å². The minimum atomic E-state index is -1.23. The van der Waals surface area contributed by atoms with Gasteiger partial charge in [-0.05, 0) is 55.9 Å². The number of aliphatic hydroxyl groups is 1. The minimum absolute atomic E-state index is 0.0629. The Morgan fingerprint density at radius 2 is 2.06 bits per heavy atom. The topological polar surface area (TPSA) is 77.8 Å². The second-order valence-electron chi connectivity index (χ2n) is 11.2. The second-order valence-corrected chi connectivity index (χ2v) is 11.2. The van der Waals surface area contributed by atoms with E-state index in [0.29, 0.717) is 47.5 Å². The zero-order chi connectivity index (χ0) is 24.8. The molecule has 2 aliphatic heterocycles. The van der Waals surface area contributed by atoms with E-state index in [9.17, 15) is 14.7 Å². The maximum Gasteiger partial charge on any atom is 0.259 e. The molecule has 34 heavy (non-hydrogen) atoms. The van der Waals surface area contributed by atoms with Gasteiger partial charge in [-0.2, -0.15) is 0 Å². The van der Waals surface area contributed by atoms with Gasteiger partial charge in [0.2, 0.25) is 0 Å². The fraction of sp³-hybridized carbons (Fsp3) is 0.714. The molecule has 3 aliphatic rings. The molecule has 6 nitrogen and oxygen atoms in total. The van der Waals surface area contributed by atoms with Crippen LogP contribution in [0.15, 0.2) is 22.6 Å². The third-order valence-electron chi connectivity index (χ3n) is 8.32. The molecule has 0 radical (unpaired) electrons. The molecular formula is C28H41NO5. The Balaban J connectivity index is 1.65. The van der Waals surface area contributed by atoms with Gasteiger partial charge < -0.3 is 19.1 Å². The van der Waals surface area contributed by atoms with Gasteiger partial charge in [-0.1, -0.05) is 40.2 Å². The predicted molar refractivity (Wildman–Crippen MR) is 132 cm³/mol. The number of allylic oxidation sites excluding steroid dienone is 1. The Kier molecular flexibility index (Phi) is 7.12. The minimum Gasteiger partial charge on any atom is -0.486 e. The highest BCUT2D eigenvalue weighted by Gasteiger charge is 2.53. The number of hydrogen-bond acceptors (Lipinski definition) is 5. The van der Waals surface area contributed by atoms with Gasteiger partial charge in [-0.15, -0.1) is 0 Å². The molecule has 2 fully saturated rings. The summed E-state index contributed by atoms with van der Waals surface area (Å²) in [4.78, 5) is 25.4. The van der Waals surface area contributed by atoms with Gasteiger partial charge in [-0.25, -0.2) is 0 Å². The number of carbonyl (C=O) groups is 1. The number of fused-ring (bicyclic) bond motifs is 3. The second kappa shape index (κ2) is 9.62. The molecule has 6 heteroatoms. The Hall–Kier alpha value is -1.92. The summed E-state index contributed by atoms with van der Waals surface area (Å²) in [5.74, 6) is 2.04. The van der Waals surface area contributed by atoms with Crippen molar-refractivity contribution in [3.05, 3.63) is 39.3 Å². The average Bonchev–Trinajstić information content (AvgIpc) is 3.06. The first-order valence-corrected chi connectivity index (χ1v) is 13.0. The van der Waals surface area contributed by atoms with E-state index in [1.54, 1.807) is 13.2 Å². The van der Waals surface area contributed by atoms with E-state index in [-0.39, 0.29) is 23.9 Å². The Morgan fingerprint density at radius 1 is 1.32 bits per heavy atom. The highest BCUT2D eigenvalue weighted by atomic mass is 16.5. The maximum absolute atomic E-state index is 13.3. The number of ether oxygens (including phenoxy) is 2. The van der Waals surface area contributed by atoms with Gasteiger partial charge >= 0.3 is 0 Å². The van der Waals surface area contributed by atoms with Crippen molar-refractivity contribution in [2.45, 2.75) is 103 Å². The van der Waals surface area contributed by atoms with Crippen LogP contribution in [0, 0.1) is 17.8 Å². The van der Waals surface area contributed by atoms with Crippen LogP contribution in [0.3, 0.4) is 0 Å². The highest BCUT2D eigenvalue weighted by molar-refractivity contribution is 5.81. The number of rotatable bonds is 6. The van der Waals surface area contributed by atoms with Crippen LogP contribution in [-0.4, -0.2) is 27.7 Å². The van der Waals surface area contributed by atoms with Crippen LogP contribution < -0.4 is 10.3 Å². The van der Waals surface area contributed by atoms with Crippen LogP contribution >= 0.6 is 0 Å². The lowest BCUT2D eigenvalue weighted by molar-refractivity contribution is -0.133. The highest BCUT2D eigenvalue weighted by Crippen LogP contribution is 2.51. The summed E-state index contributed by atoms with van der Waals surface area (Å²) >= 11 is 0. The van der Waals surface area contributed by atoms with Gasteiger partial charge in [0.25, 0.3) is 5.56 Å². The molecule has 0 aromatic carbocycles. The lowest BCUT2D eigenvalue weighted by atomic mass is 9.78. The number of ketones is 1. The quantitative estimate of drug-likeness (QED) is 0.593.